The molecule has 2 N–H and O–H groups in total. The summed E-state index contributed by atoms with van der Waals surface area (Å²) in [6, 6.07) is 3.61. The number of likely N-dealkylation sites (tertiary alicyclic amines) is 1. The minimum atomic E-state index is -0.0146. The Bertz CT molecular complexity index is 302. The first kappa shape index (κ1) is 10.2. The summed E-state index contributed by atoms with van der Waals surface area (Å²) in [5, 5.41) is 2.90. The quantitative estimate of drug-likeness (QED) is 0.768. The molecule has 0 saturated carbocycles. The molecule has 0 radical (unpaired) electrons. The number of H-pyrrole nitrogens is 1. The standard InChI is InChI=1S/C11H17N3O/c15-11(10-4-3-5-12-10)13-6-9-14-7-1-2-8-14/h3-5,12H,1-2,6-9H2,(H,13,15). The minimum Gasteiger partial charge on any atom is -0.357 e. The van der Waals surface area contributed by atoms with Gasteiger partial charge >= 0.3 is 0 Å². The second kappa shape index (κ2) is 4.98. The van der Waals surface area contributed by atoms with Gasteiger partial charge in [0.05, 0.1) is 0 Å². The molecule has 4 heteroatoms. The molecule has 0 aromatic carbocycles. The summed E-state index contributed by atoms with van der Waals surface area (Å²) >= 11 is 0. The van der Waals surface area contributed by atoms with Crippen molar-refractivity contribution in [3.63, 3.8) is 0 Å². The number of amides is 1. The molecular formula is C11H17N3O. The Balaban J connectivity index is 1.67. The first-order valence-electron chi connectivity index (χ1n) is 5.50. The van der Waals surface area contributed by atoms with Gasteiger partial charge in [0.15, 0.2) is 0 Å². The zero-order valence-corrected chi connectivity index (χ0v) is 8.83. The number of nitrogens with one attached hydrogen (secondary N) is 2. The molecule has 4 nitrogen and oxygen atoms in total. The average Bonchev–Trinajstić information content (AvgIpc) is 2.90. The Hall–Kier alpha value is -1.29. The Labute approximate surface area is 89.7 Å². The number of aromatic amines is 1. The van der Waals surface area contributed by atoms with Gasteiger partial charge in [0.25, 0.3) is 5.91 Å². The molecule has 1 aromatic rings. The summed E-state index contributed by atoms with van der Waals surface area (Å²) in [5.74, 6) is -0.0146. The van der Waals surface area contributed by atoms with E-state index in [1.807, 2.05) is 6.07 Å². The van der Waals surface area contributed by atoms with Crippen LogP contribution < -0.4 is 5.32 Å². The number of carbonyl (C=O) groups excluding carboxylic acids is 1. The number of hydrogen-bond donors (Lipinski definition) is 2. The van der Waals surface area contributed by atoms with E-state index in [9.17, 15) is 4.79 Å². The molecule has 0 bridgehead atoms. The summed E-state index contributed by atoms with van der Waals surface area (Å²) in [6.07, 6.45) is 4.35. The molecule has 1 amide bonds. The summed E-state index contributed by atoms with van der Waals surface area (Å²) in [6.45, 7) is 4.06. The van der Waals surface area contributed by atoms with Gasteiger partial charge in [-0.05, 0) is 38.1 Å². The van der Waals surface area contributed by atoms with E-state index in [1.165, 1.54) is 25.9 Å². The summed E-state index contributed by atoms with van der Waals surface area (Å²) in [4.78, 5) is 16.8. The first-order chi connectivity index (χ1) is 7.36. The van der Waals surface area contributed by atoms with Gasteiger partial charge in [0.2, 0.25) is 0 Å². The number of aromatic nitrogens is 1. The Morgan fingerprint density at radius 1 is 1.47 bits per heavy atom. The van der Waals surface area contributed by atoms with Crippen LogP contribution in [0.25, 0.3) is 0 Å². The van der Waals surface area contributed by atoms with Crippen LogP contribution in [0.3, 0.4) is 0 Å². The normalized spacial score (nSPS) is 16.8. The van der Waals surface area contributed by atoms with E-state index in [4.69, 9.17) is 0 Å². The molecule has 1 fully saturated rings. The lowest BCUT2D eigenvalue weighted by Crippen LogP contribution is -2.33. The van der Waals surface area contributed by atoms with Crippen molar-refractivity contribution in [2.24, 2.45) is 0 Å². The van der Waals surface area contributed by atoms with Crippen LogP contribution in [-0.4, -0.2) is 42.0 Å². The van der Waals surface area contributed by atoms with Crippen LogP contribution in [0, 0.1) is 0 Å². The summed E-state index contributed by atoms with van der Waals surface area (Å²) in [5.41, 5.74) is 0.636. The monoisotopic (exact) mass is 207 g/mol. The van der Waals surface area contributed by atoms with Crippen LogP contribution in [0.4, 0.5) is 0 Å². The third-order valence-electron chi connectivity index (χ3n) is 2.75. The van der Waals surface area contributed by atoms with Crippen molar-refractivity contribution in [3.8, 4) is 0 Å². The molecule has 0 spiro atoms. The molecular weight excluding hydrogens is 190 g/mol. The zero-order valence-electron chi connectivity index (χ0n) is 8.83. The van der Waals surface area contributed by atoms with Crippen molar-refractivity contribution >= 4 is 5.91 Å². The van der Waals surface area contributed by atoms with Crippen molar-refractivity contribution < 1.29 is 4.79 Å². The molecule has 1 saturated heterocycles. The van der Waals surface area contributed by atoms with E-state index in [0.717, 1.165) is 13.1 Å². The maximum absolute atomic E-state index is 11.5. The average molecular weight is 207 g/mol. The van der Waals surface area contributed by atoms with E-state index < -0.39 is 0 Å². The summed E-state index contributed by atoms with van der Waals surface area (Å²) in [7, 11) is 0. The fourth-order valence-electron chi connectivity index (χ4n) is 1.90. The highest BCUT2D eigenvalue weighted by atomic mass is 16.1. The molecule has 0 atom stereocenters. The Morgan fingerprint density at radius 3 is 2.93 bits per heavy atom. The van der Waals surface area contributed by atoms with Gasteiger partial charge < -0.3 is 15.2 Å². The van der Waals surface area contributed by atoms with Crippen molar-refractivity contribution in [2.75, 3.05) is 26.2 Å². The van der Waals surface area contributed by atoms with Gasteiger partial charge in [-0.2, -0.15) is 0 Å². The zero-order chi connectivity index (χ0) is 10.5. The SMILES string of the molecule is O=C(NCCN1CCCC1)c1ccc[nH]1. The van der Waals surface area contributed by atoms with E-state index in [2.05, 4.69) is 15.2 Å². The largest absolute Gasteiger partial charge is 0.357 e. The highest BCUT2D eigenvalue weighted by molar-refractivity contribution is 5.92. The fourth-order valence-corrected chi connectivity index (χ4v) is 1.90. The van der Waals surface area contributed by atoms with E-state index >= 15 is 0 Å². The molecule has 15 heavy (non-hydrogen) atoms. The fraction of sp³-hybridized carbons (Fsp3) is 0.545. The van der Waals surface area contributed by atoms with Gasteiger partial charge in [0, 0.05) is 19.3 Å². The molecule has 0 aliphatic carbocycles. The van der Waals surface area contributed by atoms with Crippen LogP contribution in [-0.2, 0) is 0 Å². The number of hydrogen-bond acceptors (Lipinski definition) is 2. The van der Waals surface area contributed by atoms with E-state index in [1.54, 1.807) is 12.3 Å². The molecule has 2 heterocycles. The smallest absolute Gasteiger partial charge is 0.267 e. The highest BCUT2D eigenvalue weighted by Gasteiger charge is 2.11. The molecule has 1 aromatic heterocycles. The second-order valence-corrected chi connectivity index (χ2v) is 3.89. The van der Waals surface area contributed by atoms with Crippen molar-refractivity contribution in [1.82, 2.24) is 15.2 Å². The first-order valence-corrected chi connectivity index (χ1v) is 5.50. The summed E-state index contributed by atoms with van der Waals surface area (Å²) < 4.78 is 0. The topological polar surface area (TPSA) is 48.1 Å². The van der Waals surface area contributed by atoms with Crippen LogP contribution in [0.15, 0.2) is 18.3 Å². The number of rotatable bonds is 4. The van der Waals surface area contributed by atoms with Crippen LogP contribution in [0.2, 0.25) is 0 Å². The molecule has 2 rings (SSSR count). The predicted octanol–water partition coefficient (Wildman–Crippen LogP) is 0.840. The number of nitrogens with zero attached hydrogens (tertiary/aromatic N) is 1. The Morgan fingerprint density at radius 2 is 2.27 bits per heavy atom. The maximum atomic E-state index is 11.5. The number of carbonyl (C=O) groups is 1. The van der Waals surface area contributed by atoms with Crippen molar-refractivity contribution in [1.29, 1.82) is 0 Å². The predicted molar refractivity (Wildman–Crippen MR) is 58.8 cm³/mol. The van der Waals surface area contributed by atoms with Gasteiger partial charge in [-0.15, -0.1) is 0 Å². The Kier molecular flexibility index (Phi) is 3.40. The second-order valence-electron chi connectivity index (χ2n) is 3.89. The van der Waals surface area contributed by atoms with Crippen molar-refractivity contribution in [2.45, 2.75) is 12.8 Å². The molecule has 0 unspecified atom stereocenters. The maximum Gasteiger partial charge on any atom is 0.267 e. The third kappa shape index (κ3) is 2.83. The van der Waals surface area contributed by atoms with E-state index in [-0.39, 0.29) is 5.91 Å². The third-order valence-corrected chi connectivity index (χ3v) is 2.75. The lowest BCUT2D eigenvalue weighted by atomic mass is 10.4. The molecule has 1 aliphatic rings. The molecule has 1 aliphatic heterocycles. The van der Waals surface area contributed by atoms with E-state index in [0.29, 0.717) is 5.69 Å². The van der Waals surface area contributed by atoms with Crippen molar-refractivity contribution in [3.05, 3.63) is 24.0 Å². The van der Waals surface area contributed by atoms with Gasteiger partial charge in [-0.25, -0.2) is 0 Å². The molecule has 82 valence electrons. The van der Waals surface area contributed by atoms with Gasteiger partial charge in [0.1, 0.15) is 5.69 Å². The lowest BCUT2D eigenvalue weighted by Gasteiger charge is -2.14. The van der Waals surface area contributed by atoms with Gasteiger partial charge in [-0.1, -0.05) is 0 Å². The van der Waals surface area contributed by atoms with Crippen LogP contribution in [0.5, 0.6) is 0 Å². The van der Waals surface area contributed by atoms with Crippen LogP contribution in [0.1, 0.15) is 23.3 Å². The lowest BCUT2D eigenvalue weighted by molar-refractivity contribution is 0.0945. The minimum absolute atomic E-state index is 0.0146. The van der Waals surface area contributed by atoms with Gasteiger partial charge in [-0.3, -0.25) is 4.79 Å². The van der Waals surface area contributed by atoms with Crippen LogP contribution >= 0.6 is 0 Å². The highest BCUT2D eigenvalue weighted by Crippen LogP contribution is 2.05.